The van der Waals surface area contributed by atoms with Gasteiger partial charge in [0.1, 0.15) is 18.2 Å². The second kappa shape index (κ2) is 8.46. The predicted octanol–water partition coefficient (Wildman–Crippen LogP) is 1.88. The van der Waals surface area contributed by atoms with E-state index in [1.165, 1.54) is 0 Å². The van der Waals surface area contributed by atoms with Crippen LogP contribution in [0.5, 0.6) is 0 Å². The number of anilines is 2. The molecule has 7 N–H and O–H groups in total. The van der Waals surface area contributed by atoms with Crippen LogP contribution in [0.4, 0.5) is 11.6 Å². The zero-order valence-corrected chi connectivity index (χ0v) is 20.6. The van der Waals surface area contributed by atoms with Gasteiger partial charge in [0.15, 0.2) is 16.9 Å². The molecule has 39 heavy (non-hydrogen) atoms. The lowest BCUT2D eigenvalue weighted by atomic mass is 9.82. The van der Waals surface area contributed by atoms with Crippen LogP contribution >= 0.6 is 0 Å². The molecule has 2 aromatic heterocycles. The Bertz CT molecular complexity index is 1890. The van der Waals surface area contributed by atoms with E-state index >= 15 is 0 Å². The summed E-state index contributed by atoms with van der Waals surface area (Å²) in [4.78, 5) is 37.8. The fraction of sp³-hybridized carbons (Fsp3) is 0.214. The van der Waals surface area contributed by atoms with E-state index < -0.39 is 24.0 Å². The summed E-state index contributed by atoms with van der Waals surface area (Å²) in [7, 11) is 0. The molecule has 0 saturated carbocycles. The van der Waals surface area contributed by atoms with Gasteiger partial charge in [-0.05, 0) is 40.5 Å². The van der Waals surface area contributed by atoms with Crippen molar-refractivity contribution in [3.8, 4) is 11.4 Å². The number of rotatable bonds is 3. The highest BCUT2D eigenvalue weighted by Gasteiger charge is 2.37. The van der Waals surface area contributed by atoms with Crippen LogP contribution in [0, 0.1) is 0 Å². The molecule has 11 nitrogen and oxygen atoms in total. The van der Waals surface area contributed by atoms with Crippen molar-refractivity contribution in [2.45, 2.75) is 31.3 Å². The number of nitrogen functional groups attached to an aromatic ring is 2. The lowest BCUT2D eigenvalue weighted by Crippen LogP contribution is -2.24. The molecule has 3 aromatic carbocycles. The largest absolute Gasteiger partial charge is 0.398 e. The number of nitrogens with one attached hydrogen (secondary N) is 1. The molecule has 0 unspecified atom stereocenters. The molecule has 11 heteroatoms. The van der Waals surface area contributed by atoms with Gasteiger partial charge in [0, 0.05) is 28.8 Å². The molecule has 0 amide bonds. The zero-order valence-electron chi connectivity index (χ0n) is 20.6. The minimum Gasteiger partial charge on any atom is -0.398 e. The highest BCUT2D eigenvalue weighted by atomic mass is 16.5. The number of ether oxygens (including phenoxy) is 1. The number of carbonyl (C=O) groups is 1. The first-order valence-corrected chi connectivity index (χ1v) is 12.5. The Morgan fingerprint density at radius 3 is 2.67 bits per heavy atom. The molecule has 3 heterocycles. The monoisotopic (exact) mass is 524 g/mol. The maximum atomic E-state index is 13.7. The molecule has 0 spiro atoms. The Labute approximate surface area is 220 Å². The molecular formula is C28H24N6O5. The van der Waals surface area contributed by atoms with Crippen LogP contribution in [-0.2, 0) is 11.2 Å². The van der Waals surface area contributed by atoms with Gasteiger partial charge in [-0.3, -0.25) is 19.1 Å². The molecule has 1 fully saturated rings. The fourth-order valence-corrected chi connectivity index (χ4v) is 5.78. The molecule has 1 aliphatic heterocycles. The van der Waals surface area contributed by atoms with Gasteiger partial charge >= 0.3 is 0 Å². The van der Waals surface area contributed by atoms with Crippen LogP contribution < -0.4 is 17.0 Å². The van der Waals surface area contributed by atoms with E-state index in [2.05, 4.69) is 15.0 Å². The van der Waals surface area contributed by atoms with Crippen molar-refractivity contribution in [1.82, 2.24) is 19.5 Å². The Morgan fingerprint density at radius 1 is 1.05 bits per heavy atom. The van der Waals surface area contributed by atoms with Gasteiger partial charge in [-0.15, -0.1) is 0 Å². The minimum atomic E-state index is -0.941. The summed E-state index contributed by atoms with van der Waals surface area (Å²) in [6.07, 6.45) is -1.82. The number of imidazole rings is 1. The number of ketones is 1. The van der Waals surface area contributed by atoms with Gasteiger partial charge in [0.25, 0.3) is 5.56 Å². The number of nitrogens with two attached hydrogens (primary N) is 2. The van der Waals surface area contributed by atoms with Gasteiger partial charge < -0.3 is 26.4 Å². The summed E-state index contributed by atoms with van der Waals surface area (Å²) in [5.41, 5.74) is 16.0. The molecule has 1 saturated heterocycles. The topological polar surface area (TPSA) is 182 Å². The van der Waals surface area contributed by atoms with Crippen molar-refractivity contribution < 1.29 is 19.7 Å². The molecule has 2 aliphatic rings. The third-order valence-electron chi connectivity index (χ3n) is 7.63. The van der Waals surface area contributed by atoms with Gasteiger partial charge in [0.05, 0.1) is 12.7 Å². The highest BCUT2D eigenvalue weighted by molar-refractivity contribution is 6.20. The number of nitrogens with zero attached hydrogens (tertiary/aromatic N) is 3. The summed E-state index contributed by atoms with van der Waals surface area (Å²) in [5, 5.41) is 21.6. The third-order valence-corrected chi connectivity index (χ3v) is 7.63. The SMILES string of the molecule is Nc1nc2c(nc(-c3cc4c5c(ccc4cc3N)Cc3ccccc3C5=O)n2[C@H]2C[C@H](O)[C@@H](CO)O2)c(=O)[nH]1. The van der Waals surface area contributed by atoms with E-state index in [-0.39, 0.29) is 41.7 Å². The molecule has 0 radical (unpaired) electrons. The van der Waals surface area contributed by atoms with E-state index in [4.69, 9.17) is 16.2 Å². The lowest BCUT2D eigenvalue weighted by Gasteiger charge is -2.21. The Balaban J connectivity index is 1.49. The Morgan fingerprint density at radius 2 is 1.87 bits per heavy atom. The normalized spacial score (nSPS) is 20.5. The van der Waals surface area contributed by atoms with Crippen LogP contribution in [0.2, 0.25) is 0 Å². The van der Waals surface area contributed by atoms with Crippen molar-refractivity contribution in [3.63, 3.8) is 0 Å². The van der Waals surface area contributed by atoms with Crippen LogP contribution in [0.15, 0.2) is 53.3 Å². The molecular weight excluding hydrogens is 500 g/mol. The maximum absolute atomic E-state index is 13.7. The van der Waals surface area contributed by atoms with Gasteiger partial charge in [0.2, 0.25) is 5.95 Å². The van der Waals surface area contributed by atoms with Crippen LogP contribution in [0.3, 0.4) is 0 Å². The van der Waals surface area contributed by atoms with E-state index in [9.17, 15) is 19.8 Å². The van der Waals surface area contributed by atoms with Gasteiger partial charge in [-0.25, -0.2) is 4.98 Å². The average molecular weight is 525 g/mol. The number of benzene rings is 3. The number of aromatic nitrogens is 4. The number of carbonyl (C=O) groups excluding carboxylic acids is 1. The fourth-order valence-electron chi connectivity index (χ4n) is 5.78. The van der Waals surface area contributed by atoms with Crippen molar-refractivity contribution in [2.75, 3.05) is 18.1 Å². The first-order chi connectivity index (χ1) is 18.8. The molecule has 1 aliphatic carbocycles. The highest BCUT2D eigenvalue weighted by Crippen LogP contribution is 2.40. The molecule has 196 valence electrons. The molecule has 7 rings (SSSR count). The number of hydrogen-bond acceptors (Lipinski definition) is 9. The molecule has 3 atom stereocenters. The number of fused-ring (bicyclic) bond motifs is 5. The van der Waals surface area contributed by atoms with Crippen LogP contribution in [0.25, 0.3) is 33.3 Å². The smallest absolute Gasteiger partial charge is 0.280 e. The van der Waals surface area contributed by atoms with Crippen molar-refractivity contribution in [3.05, 3.63) is 81.1 Å². The summed E-state index contributed by atoms with van der Waals surface area (Å²) in [5.74, 6) is 0.0907. The number of aliphatic hydroxyl groups is 2. The summed E-state index contributed by atoms with van der Waals surface area (Å²) in [6.45, 7) is -0.385. The quantitative estimate of drug-likeness (QED) is 0.216. The predicted molar refractivity (Wildman–Crippen MR) is 144 cm³/mol. The first-order valence-electron chi connectivity index (χ1n) is 12.5. The lowest BCUT2D eigenvalue weighted by molar-refractivity contribution is -0.0426. The van der Waals surface area contributed by atoms with E-state index in [1.807, 2.05) is 36.4 Å². The Kier molecular flexibility index (Phi) is 5.11. The third kappa shape index (κ3) is 3.48. The standard InChI is InChI=1S/C28H24N6O5/c29-18-8-13-5-6-14-7-12-3-1-2-4-15(12)24(37)22(14)16(13)9-17(18)25-31-23-26(32-28(30)33-27(23)38)34(25)21-10-19(36)20(11-35)39-21/h1-6,8-9,19-21,35-36H,7,10-11,29H2,(H3,30,32,33,38)/t19-,20+,21+/m0/s1. The summed E-state index contributed by atoms with van der Waals surface area (Å²) in [6, 6.07) is 15.0. The van der Waals surface area contributed by atoms with E-state index in [1.54, 1.807) is 16.7 Å². The van der Waals surface area contributed by atoms with Gasteiger partial charge in [-0.1, -0.05) is 36.4 Å². The number of H-pyrrole nitrogens is 1. The number of aliphatic hydroxyl groups excluding tert-OH is 2. The van der Waals surface area contributed by atoms with E-state index in [0.29, 0.717) is 34.2 Å². The van der Waals surface area contributed by atoms with Crippen LogP contribution in [-0.4, -0.2) is 54.3 Å². The van der Waals surface area contributed by atoms with Crippen molar-refractivity contribution in [2.24, 2.45) is 0 Å². The minimum absolute atomic E-state index is 0.0179. The number of aromatic amines is 1. The molecule has 5 aromatic rings. The first kappa shape index (κ1) is 23.5. The average Bonchev–Trinajstić information content (AvgIpc) is 3.48. The second-order valence-corrected chi connectivity index (χ2v) is 9.97. The van der Waals surface area contributed by atoms with Gasteiger partial charge in [-0.2, -0.15) is 4.98 Å². The summed E-state index contributed by atoms with van der Waals surface area (Å²) >= 11 is 0. The van der Waals surface area contributed by atoms with Crippen molar-refractivity contribution in [1.29, 1.82) is 0 Å². The van der Waals surface area contributed by atoms with Crippen molar-refractivity contribution >= 4 is 39.4 Å². The number of hydrogen-bond donors (Lipinski definition) is 5. The summed E-state index contributed by atoms with van der Waals surface area (Å²) < 4.78 is 7.50. The maximum Gasteiger partial charge on any atom is 0.280 e. The Hall–Kier alpha value is -4.58. The zero-order chi connectivity index (χ0) is 27.0. The molecule has 0 bridgehead atoms. The van der Waals surface area contributed by atoms with E-state index in [0.717, 1.165) is 16.5 Å². The van der Waals surface area contributed by atoms with Crippen LogP contribution in [0.1, 0.15) is 39.7 Å². The second-order valence-electron chi connectivity index (χ2n) is 9.97.